The molecule has 2 amide bonds. The lowest BCUT2D eigenvalue weighted by Crippen LogP contribution is -2.52. The van der Waals surface area contributed by atoms with E-state index in [-0.39, 0.29) is 5.69 Å². The molecule has 0 spiro atoms. The summed E-state index contributed by atoms with van der Waals surface area (Å²) < 4.78 is 0. The van der Waals surface area contributed by atoms with E-state index in [9.17, 15) is 14.7 Å². The van der Waals surface area contributed by atoms with E-state index < -0.39 is 24.0 Å². The maximum atomic E-state index is 12.5. The summed E-state index contributed by atoms with van der Waals surface area (Å²) in [6.45, 7) is 6.05. The molecule has 7 nitrogen and oxygen atoms in total. The molecule has 0 aliphatic carbocycles. The van der Waals surface area contributed by atoms with Crippen molar-refractivity contribution in [3.63, 3.8) is 0 Å². The summed E-state index contributed by atoms with van der Waals surface area (Å²) in [5, 5.41) is 15.2. The van der Waals surface area contributed by atoms with E-state index in [1.807, 2.05) is 30.3 Å². The monoisotopic (exact) mass is 370 g/mol. The number of aliphatic hydroxyl groups is 1. The largest absolute Gasteiger partial charge is 0.391 e. The van der Waals surface area contributed by atoms with Gasteiger partial charge in [0.25, 0.3) is 5.91 Å². The third kappa shape index (κ3) is 6.14. The number of benzene rings is 1. The predicted molar refractivity (Wildman–Crippen MR) is 103 cm³/mol. The summed E-state index contributed by atoms with van der Waals surface area (Å²) in [5.41, 5.74) is 1.47. The van der Waals surface area contributed by atoms with Crippen molar-refractivity contribution in [2.45, 2.75) is 39.3 Å². The van der Waals surface area contributed by atoms with Crippen LogP contribution in [0.1, 0.15) is 37.7 Å². The van der Waals surface area contributed by atoms with Crippen molar-refractivity contribution in [3.8, 4) is 11.3 Å². The van der Waals surface area contributed by atoms with Crippen LogP contribution in [0.2, 0.25) is 0 Å². The van der Waals surface area contributed by atoms with Crippen molar-refractivity contribution in [2.75, 3.05) is 6.54 Å². The van der Waals surface area contributed by atoms with E-state index in [1.165, 1.54) is 13.1 Å². The van der Waals surface area contributed by atoms with Gasteiger partial charge in [-0.1, -0.05) is 44.2 Å². The SMILES string of the molecule is CC(C)CCNC(=O)[C@@H](NC(=O)c1cncc(-c2ccccc2)n1)[C@@H](C)O. The Bertz CT molecular complexity index is 763. The lowest BCUT2D eigenvalue weighted by molar-refractivity contribution is -0.125. The second kappa shape index (κ2) is 9.78. The van der Waals surface area contributed by atoms with Crippen LogP contribution in [0.4, 0.5) is 0 Å². The van der Waals surface area contributed by atoms with Gasteiger partial charge in [0.15, 0.2) is 0 Å². The number of amides is 2. The van der Waals surface area contributed by atoms with E-state index in [0.29, 0.717) is 18.2 Å². The van der Waals surface area contributed by atoms with Crippen molar-refractivity contribution >= 4 is 11.8 Å². The summed E-state index contributed by atoms with van der Waals surface area (Å²) in [4.78, 5) is 33.2. The molecule has 0 saturated carbocycles. The number of carbonyl (C=O) groups is 2. The van der Waals surface area contributed by atoms with Crippen molar-refractivity contribution in [3.05, 3.63) is 48.4 Å². The second-order valence-electron chi connectivity index (χ2n) is 6.82. The average molecular weight is 370 g/mol. The molecule has 1 aromatic carbocycles. The Hall–Kier alpha value is -2.80. The van der Waals surface area contributed by atoms with Gasteiger partial charge in [-0.25, -0.2) is 4.98 Å². The molecule has 0 fully saturated rings. The average Bonchev–Trinajstić information content (AvgIpc) is 2.66. The molecule has 3 N–H and O–H groups in total. The molecule has 144 valence electrons. The third-order valence-corrected chi connectivity index (χ3v) is 4.01. The van der Waals surface area contributed by atoms with Gasteiger partial charge in [-0.15, -0.1) is 0 Å². The van der Waals surface area contributed by atoms with Gasteiger partial charge in [-0.3, -0.25) is 14.6 Å². The Morgan fingerprint density at radius 2 is 1.81 bits per heavy atom. The highest BCUT2D eigenvalue weighted by atomic mass is 16.3. The first-order valence-corrected chi connectivity index (χ1v) is 9.02. The summed E-state index contributed by atoms with van der Waals surface area (Å²) in [6, 6.07) is 8.30. The number of aromatic nitrogens is 2. The topological polar surface area (TPSA) is 104 Å². The second-order valence-corrected chi connectivity index (χ2v) is 6.82. The van der Waals surface area contributed by atoms with Crippen LogP contribution in [0.15, 0.2) is 42.7 Å². The van der Waals surface area contributed by atoms with E-state index in [2.05, 4.69) is 34.4 Å². The van der Waals surface area contributed by atoms with Crippen molar-refractivity contribution in [1.29, 1.82) is 0 Å². The summed E-state index contributed by atoms with van der Waals surface area (Å²) in [7, 11) is 0. The van der Waals surface area contributed by atoms with E-state index in [0.717, 1.165) is 12.0 Å². The zero-order valence-electron chi connectivity index (χ0n) is 15.8. The molecular formula is C20H26N4O3. The van der Waals surface area contributed by atoms with Crippen LogP contribution >= 0.6 is 0 Å². The Kier molecular flexibility index (Phi) is 7.43. The maximum Gasteiger partial charge on any atom is 0.272 e. The molecular weight excluding hydrogens is 344 g/mol. The zero-order chi connectivity index (χ0) is 19.8. The van der Waals surface area contributed by atoms with Crippen molar-refractivity contribution in [2.24, 2.45) is 5.92 Å². The minimum absolute atomic E-state index is 0.0805. The van der Waals surface area contributed by atoms with Crippen LogP contribution < -0.4 is 10.6 Å². The van der Waals surface area contributed by atoms with E-state index in [1.54, 1.807) is 6.20 Å². The minimum Gasteiger partial charge on any atom is -0.391 e. The zero-order valence-corrected chi connectivity index (χ0v) is 15.8. The first-order valence-electron chi connectivity index (χ1n) is 9.02. The third-order valence-electron chi connectivity index (χ3n) is 4.01. The minimum atomic E-state index is -1.06. The predicted octanol–water partition coefficient (Wildman–Crippen LogP) is 1.79. The fraction of sp³-hybridized carbons (Fsp3) is 0.400. The van der Waals surface area contributed by atoms with Crippen LogP contribution in [-0.4, -0.2) is 45.6 Å². The van der Waals surface area contributed by atoms with Gasteiger partial charge in [0, 0.05) is 12.1 Å². The highest BCUT2D eigenvalue weighted by Gasteiger charge is 2.26. The summed E-state index contributed by atoms with van der Waals surface area (Å²) in [6.07, 6.45) is 2.67. The van der Waals surface area contributed by atoms with Gasteiger partial charge in [-0.2, -0.15) is 0 Å². The Balaban J connectivity index is 2.08. The molecule has 2 atom stereocenters. The Morgan fingerprint density at radius 3 is 2.44 bits per heavy atom. The van der Waals surface area contributed by atoms with E-state index in [4.69, 9.17) is 0 Å². The number of rotatable bonds is 8. The Labute approximate surface area is 159 Å². The molecule has 0 aliphatic rings. The first-order chi connectivity index (χ1) is 12.9. The fourth-order valence-electron chi connectivity index (χ4n) is 2.44. The number of nitrogens with one attached hydrogen (secondary N) is 2. The standard InChI is InChI=1S/C20H26N4O3/c1-13(2)9-10-22-20(27)18(14(3)25)24-19(26)17-12-21-11-16(23-17)15-7-5-4-6-8-15/h4-8,11-14,18,25H,9-10H2,1-3H3,(H,22,27)(H,24,26)/t14-,18+/m1/s1. The number of nitrogens with zero attached hydrogens (tertiary/aromatic N) is 2. The van der Waals surface area contributed by atoms with Gasteiger partial charge in [0.1, 0.15) is 11.7 Å². The lowest BCUT2D eigenvalue weighted by Gasteiger charge is -2.21. The molecule has 7 heteroatoms. The molecule has 0 aliphatic heterocycles. The fourth-order valence-corrected chi connectivity index (χ4v) is 2.44. The molecule has 27 heavy (non-hydrogen) atoms. The summed E-state index contributed by atoms with van der Waals surface area (Å²) >= 11 is 0. The molecule has 0 unspecified atom stereocenters. The van der Waals surface area contributed by atoms with Crippen molar-refractivity contribution < 1.29 is 14.7 Å². The van der Waals surface area contributed by atoms with Gasteiger partial charge in [-0.05, 0) is 19.3 Å². The molecule has 2 aromatic rings. The van der Waals surface area contributed by atoms with Gasteiger partial charge >= 0.3 is 0 Å². The number of hydrogen-bond acceptors (Lipinski definition) is 5. The quantitative estimate of drug-likeness (QED) is 0.657. The molecule has 1 heterocycles. The van der Waals surface area contributed by atoms with Gasteiger partial charge in [0.2, 0.25) is 5.91 Å². The molecule has 0 radical (unpaired) electrons. The summed E-state index contributed by atoms with van der Waals surface area (Å²) in [5.74, 6) is -0.544. The number of hydrogen-bond donors (Lipinski definition) is 3. The van der Waals surface area contributed by atoms with Gasteiger partial charge < -0.3 is 15.7 Å². The van der Waals surface area contributed by atoms with Gasteiger partial charge in [0.05, 0.1) is 24.2 Å². The smallest absolute Gasteiger partial charge is 0.272 e. The molecule has 2 rings (SSSR count). The molecule has 0 bridgehead atoms. The number of carbonyl (C=O) groups excluding carboxylic acids is 2. The van der Waals surface area contributed by atoms with E-state index >= 15 is 0 Å². The lowest BCUT2D eigenvalue weighted by atomic mass is 10.1. The highest BCUT2D eigenvalue weighted by molar-refractivity contribution is 5.96. The normalized spacial score (nSPS) is 13.1. The van der Waals surface area contributed by atoms with Crippen LogP contribution in [0.3, 0.4) is 0 Å². The molecule has 0 saturated heterocycles. The van der Waals surface area contributed by atoms with Crippen LogP contribution in [-0.2, 0) is 4.79 Å². The maximum absolute atomic E-state index is 12.5. The van der Waals surface area contributed by atoms with Crippen LogP contribution in [0.25, 0.3) is 11.3 Å². The molecule has 1 aromatic heterocycles. The van der Waals surface area contributed by atoms with Crippen LogP contribution in [0, 0.1) is 5.92 Å². The van der Waals surface area contributed by atoms with Crippen molar-refractivity contribution in [1.82, 2.24) is 20.6 Å². The number of aliphatic hydroxyl groups excluding tert-OH is 1. The Morgan fingerprint density at radius 1 is 1.11 bits per heavy atom. The van der Waals surface area contributed by atoms with Crippen LogP contribution in [0.5, 0.6) is 0 Å². The highest BCUT2D eigenvalue weighted by Crippen LogP contribution is 2.15. The first kappa shape index (κ1) is 20.5.